The molecule has 0 spiro atoms. The van der Waals surface area contributed by atoms with Gasteiger partial charge in [0.1, 0.15) is 0 Å². The van der Waals surface area contributed by atoms with Crippen LogP contribution in [0.5, 0.6) is 0 Å². The van der Waals surface area contributed by atoms with Crippen LogP contribution >= 0.6 is 0 Å². The average Bonchev–Trinajstić information content (AvgIpc) is 2.75. The molecule has 0 saturated carbocycles. The van der Waals surface area contributed by atoms with Crippen LogP contribution < -0.4 is 11.3 Å². The molecule has 0 amide bonds. The summed E-state index contributed by atoms with van der Waals surface area (Å²) in [7, 11) is 0. The molecule has 0 aliphatic heterocycles. The second-order valence-corrected chi connectivity index (χ2v) is 3.87. The van der Waals surface area contributed by atoms with Gasteiger partial charge in [0.2, 0.25) is 0 Å². The van der Waals surface area contributed by atoms with Crippen molar-refractivity contribution in [2.75, 3.05) is 5.43 Å². The number of rotatable bonds is 4. The molecule has 0 saturated heterocycles. The first-order valence-electron chi connectivity index (χ1n) is 5.34. The van der Waals surface area contributed by atoms with Gasteiger partial charge >= 0.3 is 0 Å². The number of anilines is 1. The molecule has 1 aromatic heterocycles. The number of nitrogens with two attached hydrogens (primary N) is 1. The number of hydrogen-bond donors (Lipinski definition) is 2. The molecule has 7 heteroatoms. The number of nitro benzene ring substituents is 1. The van der Waals surface area contributed by atoms with Gasteiger partial charge in [-0.1, -0.05) is 0 Å². The van der Waals surface area contributed by atoms with Gasteiger partial charge in [0, 0.05) is 29.6 Å². The molecule has 1 heterocycles. The first-order valence-corrected chi connectivity index (χ1v) is 5.34. The summed E-state index contributed by atoms with van der Waals surface area (Å²) in [4.78, 5) is 10.3. The minimum Gasteiger partial charge on any atom is -0.324 e. The highest BCUT2D eigenvalue weighted by Gasteiger charge is 2.11. The fourth-order valence-corrected chi connectivity index (χ4v) is 1.69. The number of nitrogen functional groups attached to an aromatic ring is 1. The van der Waals surface area contributed by atoms with Crippen LogP contribution in [0.2, 0.25) is 0 Å². The van der Waals surface area contributed by atoms with Crippen molar-refractivity contribution in [1.82, 2.24) is 9.78 Å². The van der Waals surface area contributed by atoms with Crippen LogP contribution in [0.25, 0.3) is 0 Å². The Kier molecular flexibility index (Phi) is 3.24. The standard InChI is InChI=1S/C11H13N5O2/c1-8-4-5-13-15(8)7-9-6-10(16(17)18)2-3-11(9)14-12/h2-6,14H,7,12H2,1H3. The number of aryl methyl sites for hydroxylation is 1. The lowest BCUT2D eigenvalue weighted by atomic mass is 10.1. The van der Waals surface area contributed by atoms with Crippen LogP contribution in [0.1, 0.15) is 11.3 Å². The van der Waals surface area contributed by atoms with E-state index in [9.17, 15) is 10.1 Å². The van der Waals surface area contributed by atoms with Gasteiger partial charge in [-0.3, -0.25) is 20.6 Å². The van der Waals surface area contributed by atoms with Gasteiger partial charge in [-0.15, -0.1) is 0 Å². The zero-order chi connectivity index (χ0) is 13.1. The molecule has 3 N–H and O–H groups in total. The third kappa shape index (κ3) is 2.30. The van der Waals surface area contributed by atoms with Gasteiger partial charge in [-0.25, -0.2) is 0 Å². The number of nitrogens with zero attached hydrogens (tertiary/aromatic N) is 3. The summed E-state index contributed by atoms with van der Waals surface area (Å²) in [5.74, 6) is 5.39. The van der Waals surface area contributed by atoms with Crippen molar-refractivity contribution in [2.24, 2.45) is 5.84 Å². The van der Waals surface area contributed by atoms with Gasteiger partial charge in [0.05, 0.1) is 17.2 Å². The summed E-state index contributed by atoms with van der Waals surface area (Å²) in [5, 5.41) is 14.9. The van der Waals surface area contributed by atoms with E-state index >= 15 is 0 Å². The highest BCUT2D eigenvalue weighted by atomic mass is 16.6. The Labute approximate surface area is 103 Å². The summed E-state index contributed by atoms with van der Waals surface area (Å²) < 4.78 is 1.75. The molecule has 94 valence electrons. The molecular weight excluding hydrogens is 234 g/mol. The Morgan fingerprint density at radius 1 is 1.50 bits per heavy atom. The minimum atomic E-state index is -0.431. The molecule has 2 aromatic rings. The monoisotopic (exact) mass is 247 g/mol. The lowest BCUT2D eigenvalue weighted by Crippen LogP contribution is -2.12. The predicted octanol–water partition coefficient (Wildman–Crippen LogP) is 1.43. The minimum absolute atomic E-state index is 0.0359. The third-order valence-electron chi connectivity index (χ3n) is 2.70. The maximum Gasteiger partial charge on any atom is 0.269 e. The van der Waals surface area contributed by atoms with E-state index in [1.54, 1.807) is 16.9 Å². The molecule has 0 aliphatic carbocycles. The summed E-state index contributed by atoms with van der Waals surface area (Å²) in [6.07, 6.45) is 1.68. The zero-order valence-corrected chi connectivity index (χ0v) is 9.83. The van der Waals surface area contributed by atoms with Crippen LogP contribution in [-0.2, 0) is 6.54 Å². The van der Waals surface area contributed by atoms with Crippen LogP contribution in [0.4, 0.5) is 11.4 Å². The first kappa shape index (κ1) is 12.1. The molecule has 7 nitrogen and oxygen atoms in total. The van der Waals surface area contributed by atoms with Crippen molar-refractivity contribution in [3.05, 3.63) is 51.8 Å². The van der Waals surface area contributed by atoms with E-state index in [1.807, 2.05) is 13.0 Å². The van der Waals surface area contributed by atoms with Gasteiger partial charge < -0.3 is 5.43 Å². The summed E-state index contributed by atoms with van der Waals surface area (Å²) in [6, 6.07) is 6.37. The Morgan fingerprint density at radius 2 is 2.28 bits per heavy atom. The molecule has 2 rings (SSSR count). The summed E-state index contributed by atoms with van der Waals surface area (Å²) in [6.45, 7) is 2.35. The topological polar surface area (TPSA) is 99.0 Å². The Morgan fingerprint density at radius 3 is 2.83 bits per heavy atom. The summed E-state index contributed by atoms with van der Waals surface area (Å²) >= 11 is 0. The molecule has 0 radical (unpaired) electrons. The fraction of sp³-hybridized carbons (Fsp3) is 0.182. The second kappa shape index (κ2) is 4.84. The fourth-order valence-electron chi connectivity index (χ4n) is 1.69. The molecule has 18 heavy (non-hydrogen) atoms. The maximum atomic E-state index is 10.8. The van der Waals surface area contributed by atoms with Crippen molar-refractivity contribution < 1.29 is 4.92 Å². The average molecular weight is 247 g/mol. The third-order valence-corrected chi connectivity index (χ3v) is 2.70. The quantitative estimate of drug-likeness (QED) is 0.483. The smallest absolute Gasteiger partial charge is 0.269 e. The normalized spacial score (nSPS) is 10.3. The molecule has 0 fully saturated rings. The van der Waals surface area contributed by atoms with Crippen molar-refractivity contribution in [3.63, 3.8) is 0 Å². The van der Waals surface area contributed by atoms with Crippen LogP contribution in [0.3, 0.4) is 0 Å². The number of nitro groups is 1. The highest BCUT2D eigenvalue weighted by Crippen LogP contribution is 2.22. The number of aromatic nitrogens is 2. The van der Waals surface area contributed by atoms with Gasteiger partial charge in [0.25, 0.3) is 5.69 Å². The zero-order valence-electron chi connectivity index (χ0n) is 9.83. The molecule has 0 atom stereocenters. The van der Waals surface area contributed by atoms with E-state index in [4.69, 9.17) is 5.84 Å². The largest absolute Gasteiger partial charge is 0.324 e. The van der Waals surface area contributed by atoms with Crippen LogP contribution in [-0.4, -0.2) is 14.7 Å². The molecule has 0 bridgehead atoms. The Bertz CT molecular complexity index is 579. The van der Waals surface area contributed by atoms with Crippen molar-refractivity contribution in [1.29, 1.82) is 0 Å². The van der Waals surface area contributed by atoms with E-state index in [0.717, 1.165) is 11.3 Å². The second-order valence-electron chi connectivity index (χ2n) is 3.87. The lowest BCUT2D eigenvalue weighted by Gasteiger charge is -2.10. The molecule has 0 unspecified atom stereocenters. The Hall–Kier alpha value is -2.41. The van der Waals surface area contributed by atoms with Crippen LogP contribution in [0.15, 0.2) is 30.5 Å². The van der Waals surface area contributed by atoms with E-state index in [1.165, 1.54) is 12.1 Å². The maximum absolute atomic E-state index is 10.8. The predicted molar refractivity (Wildman–Crippen MR) is 67.0 cm³/mol. The van der Waals surface area contributed by atoms with Crippen molar-refractivity contribution in [3.8, 4) is 0 Å². The molecule has 0 aliphatic rings. The van der Waals surface area contributed by atoms with Gasteiger partial charge in [-0.2, -0.15) is 5.10 Å². The van der Waals surface area contributed by atoms with Gasteiger partial charge in [0.15, 0.2) is 0 Å². The van der Waals surface area contributed by atoms with Gasteiger partial charge in [-0.05, 0) is 19.1 Å². The first-order chi connectivity index (χ1) is 8.61. The number of hydrogen-bond acceptors (Lipinski definition) is 5. The number of nitrogens with one attached hydrogen (secondary N) is 1. The van der Waals surface area contributed by atoms with E-state index < -0.39 is 4.92 Å². The number of benzene rings is 1. The SMILES string of the molecule is Cc1ccnn1Cc1cc([N+](=O)[O-])ccc1NN. The molecule has 1 aromatic carbocycles. The van der Waals surface area contributed by atoms with Crippen molar-refractivity contribution in [2.45, 2.75) is 13.5 Å². The van der Waals surface area contributed by atoms with E-state index in [-0.39, 0.29) is 5.69 Å². The van der Waals surface area contributed by atoms with E-state index in [2.05, 4.69) is 10.5 Å². The van der Waals surface area contributed by atoms with Crippen molar-refractivity contribution >= 4 is 11.4 Å². The number of hydrazine groups is 1. The summed E-state index contributed by atoms with van der Waals surface area (Å²) in [5.41, 5.74) is 4.91. The van der Waals surface area contributed by atoms with E-state index in [0.29, 0.717) is 12.2 Å². The van der Waals surface area contributed by atoms with Crippen LogP contribution in [0, 0.1) is 17.0 Å². The Balaban J connectivity index is 2.38. The highest BCUT2D eigenvalue weighted by molar-refractivity contribution is 5.55. The number of non-ortho nitro benzene ring substituents is 1. The molecular formula is C11H13N5O2. The lowest BCUT2D eigenvalue weighted by molar-refractivity contribution is -0.384.